The minimum Gasteiger partial charge on any atom is -0.468 e. The number of rotatable bonds is 4. The first-order valence-electron chi connectivity index (χ1n) is 8.04. The average Bonchev–Trinajstić information content (AvgIpc) is 2.81. The highest BCUT2D eigenvalue weighted by molar-refractivity contribution is 5.81. The van der Waals surface area contributed by atoms with Crippen molar-refractivity contribution in [3.8, 4) is 0 Å². The van der Waals surface area contributed by atoms with Crippen LogP contribution >= 0.6 is 0 Å². The second kappa shape index (κ2) is 7.12. The van der Waals surface area contributed by atoms with Gasteiger partial charge in [0.25, 0.3) is 0 Å². The molecule has 4 heteroatoms. The fourth-order valence-corrected chi connectivity index (χ4v) is 2.75. The normalized spacial score (nSPS) is 19.0. The van der Waals surface area contributed by atoms with Crippen LogP contribution in [0.5, 0.6) is 0 Å². The maximum atomic E-state index is 12.1. The molecule has 1 fully saturated rings. The quantitative estimate of drug-likeness (QED) is 0.925. The van der Waals surface area contributed by atoms with E-state index in [1.54, 1.807) is 6.26 Å². The maximum Gasteiger partial charge on any atom is 0.225 e. The third-order valence-electron chi connectivity index (χ3n) is 4.09. The molecule has 1 N–H and O–H groups in total. The Hall–Kier alpha value is -1.29. The number of nitrogens with zero attached hydrogens (tertiary/aromatic N) is 1. The second-order valence-electron chi connectivity index (χ2n) is 6.94. The first kappa shape index (κ1) is 16.1. The molecule has 0 saturated carbocycles. The predicted octanol–water partition coefficient (Wildman–Crippen LogP) is 3.36. The zero-order valence-electron chi connectivity index (χ0n) is 13.5. The third kappa shape index (κ3) is 4.60. The van der Waals surface area contributed by atoms with Crippen molar-refractivity contribution in [3.63, 3.8) is 0 Å². The summed E-state index contributed by atoms with van der Waals surface area (Å²) in [5, 5.41) is 3.09. The standard InChI is InChI=1S/C17H28N2O2/c1-17(2,3)16(20)18-13-14(15-9-8-12-21-15)19-10-6-4-5-7-11-19/h8-9,12,14H,4-7,10-11,13H2,1-3H3,(H,18,20). The van der Waals surface area contributed by atoms with Gasteiger partial charge in [-0.2, -0.15) is 0 Å². The molecule has 1 aromatic heterocycles. The van der Waals surface area contributed by atoms with Gasteiger partial charge >= 0.3 is 0 Å². The van der Waals surface area contributed by atoms with E-state index in [2.05, 4.69) is 10.2 Å². The SMILES string of the molecule is CC(C)(C)C(=O)NCC(c1ccco1)N1CCCCCC1. The molecular formula is C17H28N2O2. The van der Waals surface area contributed by atoms with Gasteiger partial charge in [-0.3, -0.25) is 9.69 Å². The monoisotopic (exact) mass is 292 g/mol. The van der Waals surface area contributed by atoms with E-state index in [9.17, 15) is 4.79 Å². The fraction of sp³-hybridized carbons (Fsp3) is 0.706. The summed E-state index contributed by atoms with van der Waals surface area (Å²) in [6, 6.07) is 4.08. The van der Waals surface area contributed by atoms with Crippen molar-refractivity contribution in [3.05, 3.63) is 24.2 Å². The molecule has 1 aromatic rings. The summed E-state index contributed by atoms with van der Waals surface area (Å²) in [6.45, 7) is 8.60. The van der Waals surface area contributed by atoms with E-state index in [1.807, 2.05) is 32.9 Å². The molecule has 0 aromatic carbocycles. The molecule has 4 nitrogen and oxygen atoms in total. The number of amides is 1. The van der Waals surface area contributed by atoms with Crippen LogP contribution in [0.3, 0.4) is 0 Å². The molecule has 0 aliphatic carbocycles. The van der Waals surface area contributed by atoms with E-state index in [0.29, 0.717) is 6.54 Å². The summed E-state index contributed by atoms with van der Waals surface area (Å²) in [7, 11) is 0. The molecule has 1 unspecified atom stereocenters. The van der Waals surface area contributed by atoms with E-state index in [0.717, 1.165) is 18.8 Å². The highest BCUT2D eigenvalue weighted by Gasteiger charge is 2.27. The Bertz CT molecular complexity index is 426. The maximum absolute atomic E-state index is 12.1. The summed E-state index contributed by atoms with van der Waals surface area (Å²) >= 11 is 0. The third-order valence-corrected chi connectivity index (χ3v) is 4.09. The highest BCUT2D eigenvalue weighted by Crippen LogP contribution is 2.24. The lowest BCUT2D eigenvalue weighted by Crippen LogP contribution is -2.42. The molecule has 1 aliphatic rings. The fourth-order valence-electron chi connectivity index (χ4n) is 2.75. The van der Waals surface area contributed by atoms with Crippen LogP contribution in [-0.4, -0.2) is 30.4 Å². The van der Waals surface area contributed by atoms with Crippen LogP contribution < -0.4 is 5.32 Å². The minimum atomic E-state index is -0.355. The summed E-state index contributed by atoms with van der Waals surface area (Å²) in [6.07, 6.45) is 6.77. The Labute approximate surface area is 127 Å². The van der Waals surface area contributed by atoms with Gasteiger partial charge in [-0.1, -0.05) is 33.6 Å². The zero-order chi connectivity index (χ0) is 15.3. The minimum absolute atomic E-state index is 0.0916. The van der Waals surface area contributed by atoms with Crippen LogP contribution in [0.15, 0.2) is 22.8 Å². The van der Waals surface area contributed by atoms with Gasteiger partial charge in [0.1, 0.15) is 5.76 Å². The first-order chi connectivity index (χ1) is 9.98. The zero-order valence-corrected chi connectivity index (χ0v) is 13.5. The Morgan fingerprint density at radius 1 is 1.29 bits per heavy atom. The lowest BCUT2D eigenvalue weighted by molar-refractivity contribution is -0.128. The molecule has 0 bridgehead atoms. The molecular weight excluding hydrogens is 264 g/mol. The number of likely N-dealkylation sites (tertiary alicyclic amines) is 1. The number of hydrogen-bond donors (Lipinski definition) is 1. The molecule has 1 aliphatic heterocycles. The number of nitrogens with one attached hydrogen (secondary N) is 1. The lowest BCUT2D eigenvalue weighted by Gasteiger charge is -2.30. The van der Waals surface area contributed by atoms with E-state index in [4.69, 9.17) is 4.42 Å². The number of carbonyl (C=O) groups is 1. The van der Waals surface area contributed by atoms with Crippen molar-refractivity contribution in [2.45, 2.75) is 52.5 Å². The van der Waals surface area contributed by atoms with Crippen molar-refractivity contribution in [1.29, 1.82) is 0 Å². The molecule has 1 amide bonds. The smallest absolute Gasteiger partial charge is 0.225 e. The molecule has 2 rings (SSSR count). The average molecular weight is 292 g/mol. The lowest BCUT2D eigenvalue weighted by atomic mass is 9.95. The summed E-state index contributed by atoms with van der Waals surface area (Å²) in [5.41, 5.74) is -0.355. The first-order valence-corrected chi connectivity index (χ1v) is 8.04. The summed E-state index contributed by atoms with van der Waals surface area (Å²) in [5.74, 6) is 1.04. The Kier molecular flexibility index (Phi) is 5.45. The van der Waals surface area contributed by atoms with Crippen molar-refractivity contribution < 1.29 is 9.21 Å². The van der Waals surface area contributed by atoms with Gasteiger partial charge in [-0.05, 0) is 38.1 Å². The van der Waals surface area contributed by atoms with Crippen LogP contribution in [0.2, 0.25) is 0 Å². The molecule has 2 heterocycles. The largest absolute Gasteiger partial charge is 0.468 e. The van der Waals surface area contributed by atoms with Crippen molar-refractivity contribution in [2.24, 2.45) is 5.41 Å². The number of furan rings is 1. The van der Waals surface area contributed by atoms with Crippen LogP contribution in [0.1, 0.15) is 58.3 Å². The number of hydrogen-bond acceptors (Lipinski definition) is 3. The Morgan fingerprint density at radius 2 is 1.95 bits per heavy atom. The van der Waals surface area contributed by atoms with Gasteiger partial charge in [0.05, 0.1) is 12.3 Å². The van der Waals surface area contributed by atoms with E-state index in [-0.39, 0.29) is 17.4 Å². The van der Waals surface area contributed by atoms with Crippen LogP contribution in [0.4, 0.5) is 0 Å². The molecule has 0 radical (unpaired) electrons. The van der Waals surface area contributed by atoms with Gasteiger partial charge in [-0.25, -0.2) is 0 Å². The Balaban J connectivity index is 2.04. The van der Waals surface area contributed by atoms with Crippen LogP contribution in [-0.2, 0) is 4.79 Å². The molecule has 1 atom stereocenters. The van der Waals surface area contributed by atoms with Crippen molar-refractivity contribution in [2.75, 3.05) is 19.6 Å². The van der Waals surface area contributed by atoms with Gasteiger partial charge in [-0.15, -0.1) is 0 Å². The van der Waals surface area contributed by atoms with E-state index < -0.39 is 0 Å². The van der Waals surface area contributed by atoms with Gasteiger partial charge in [0.15, 0.2) is 0 Å². The van der Waals surface area contributed by atoms with E-state index >= 15 is 0 Å². The summed E-state index contributed by atoms with van der Waals surface area (Å²) in [4.78, 5) is 14.6. The van der Waals surface area contributed by atoms with Gasteiger partial charge in [0.2, 0.25) is 5.91 Å². The van der Waals surface area contributed by atoms with Crippen molar-refractivity contribution in [1.82, 2.24) is 10.2 Å². The number of carbonyl (C=O) groups excluding carboxylic acids is 1. The molecule has 0 spiro atoms. The van der Waals surface area contributed by atoms with Crippen molar-refractivity contribution >= 4 is 5.91 Å². The van der Waals surface area contributed by atoms with Crippen LogP contribution in [0, 0.1) is 5.41 Å². The van der Waals surface area contributed by atoms with Gasteiger partial charge in [0, 0.05) is 12.0 Å². The molecule has 118 valence electrons. The summed E-state index contributed by atoms with van der Waals surface area (Å²) < 4.78 is 5.61. The Morgan fingerprint density at radius 3 is 2.48 bits per heavy atom. The van der Waals surface area contributed by atoms with E-state index in [1.165, 1.54) is 25.7 Å². The second-order valence-corrected chi connectivity index (χ2v) is 6.94. The molecule has 21 heavy (non-hydrogen) atoms. The topological polar surface area (TPSA) is 45.5 Å². The highest BCUT2D eigenvalue weighted by atomic mass is 16.3. The molecule has 1 saturated heterocycles. The van der Waals surface area contributed by atoms with Gasteiger partial charge < -0.3 is 9.73 Å². The van der Waals surface area contributed by atoms with Crippen LogP contribution in [0.25, 0.3) is 0 Å². The predicted molar refractivity (Wildman–Crippen MR) is 84.0 cm³/mol.